The van der Waals surface area contributed by atoms with Crippen molar-refractivity contribution in [1.82, 2.24) is 5.32 Å². The van der Waals surface area contributed by atoms with Crippen molar-refractivity contribution in [1.29, 1.82) is 0 Å². The molecule has 5 nitrogen and oxygen atoms in total. The van der Waals surface area contributed by atoms with Gasteiger partial charge in [-0.1, -0.05) is 11.8 Å². The zero-order valence-electron chi connectivity index (χ0n) is 10.9. The van der Waals surface area contributed by atoms with Crippen LogP contribution in [0.3, 0.4) is 0 Å². The van der Waals surface area contributed by atoms with Crippen molar-refractivity contribution in [3.8, 4) is 11.8 Å². The molecule has 0 heterocycles. The molecule has 0 saturated heterocycles. The van der Waals surface area contributed by atoms with E-state index in [1.165, 1.54) is 19.2 Å². The van der Waals surface area contributed by atoms with Gasteiger partial charge in [0.2, 0.25) is 0 Å². The van der Waals surface area contributed by atoms with Crippen LogP contribution in [0, 0.1) is 17.7 Å². The van der Waals surface area contributed by atoms with Gasteiger partial charge in [0.1, 0.15) is 12.4 Å². The zero-order chi connectivity index (χ0) is 15.0. The summed E-state index contributed by atoms with van der Waals surface area (Å²) in [5, 5.41) is 10.9. The highest BCUT2D eigenvalue weighted by molar-refractivity contribution is 5.96. The summed E-state index contributed by atoms with van der Waals surface area (Å²) >= 11 is 0. The van der Waals surface area contributed by atoms with Crippen molar-refractivity contribution in [2.45, 2.75) is 6.42 Å². The molecule has 106 valence electrons. The first-order valence-corrected chi connectivity index (χ1v) is 5.82. The molecular weight excluding hydrogens is 265 g/mol. The van der Waals surface area contributed by atoms with Crippen LogP contribution >= 0.6 is 0 Å². The van der Waals surface area contributed by atoms with Crippen LogP contribution in [0.4, 0.5) is 4.39 Å². The second-order valence-corrected chi connectivity index (χ2v) is 3.73. The minimum atomic E-state index is -0.638. The summed E-state index contributed by atoms with van der Waals surface area (Å²) in [7, 11) is 1.20. The summed E-state index contributed by atoms with van der Waals surface area (Å²) in [5.74, 6) is 3.33. The Labute approximate surface area is 115 Å². The first-order chi connectivity index (χ1) is 9.58. The lowest BCUT2D eigenvalue weighted by Crippen LogP contribution is -2.30. The van der Waals surface area contributed by atoms with Crippen molar-refractivity contribution in [2.75, 3.05) is 20.3 Å². The largest absolute Gasteiger partial charge is 0.468 e. The lowest BCUT2D eigenvalue weighted by molar-refractivity contribution is -0.139. The minimum Gasteiger partial charge on any atom is -0.468 e. The summed E-state index contributed by atoms with van der Waals surface area (Å²) in [6.07, 6.45) is 0.251. The van der Waals surface area contributed by atoms with Gasteiger partial charge in [-0.15, -0.1) is 0 Å². The van der Waals surface area contributed by atoms with E-state index < -0.39 is 17.7 Å². The Bertz CT molecular complexity index is 560. The van der Waals surface area contributed by atoms with Crippen molar-refractivity contribution in [2.24, 2.45) is 0 Å². The van der Waals surface area contributed by atoms with Gasteiger partial charge >= 0.3 is 5.97 Å². The molecule has 0 aliphatic carbocycles. The van der Waals surface area contributed by atoms with Crippen LogP contribution in [0.2, 0.25) is 0 Å². The van der Waals surface area contributed by atoms with E-state index in [1.54, 1.807) is 0 Å². The molecule has 0 saturated carbocycles. The fraction of sp³-hybridized carbons (Fsp3) is 0.286. The van der Waals surface area contributed by atoms with Gasteiger partial charge in [0, 0.05) is 12.0 Å². The predicted molar refractivity (Wildman–Crippen MR) is 69.3 cm³/mol. The van der Waals surface area contributed by atoms with Crippen LogP contribution in [0.25, 0.3) is 0 Å². The van der Waals surface area contributed by atoms with Crippen LogP contribution in [0.5, 0.6) is 0 Å². The monoisotopic (exact) mass is 279 g/mol. The smallest absolute Gasteiger partial charge is 0.325 e. The lowest BCUT2D eigenvalue weighted by atomic mass is 10.1. The predicted octanol–water partition coefficient (Wildman–Crippen LogP) is 0.462. The van der Waals surface area contributed by atoms with E-state index in [2.05, 4.69) is 21.9 Å². The number of nitrogens with one attached hydrogen (secondary N) is 1. The molecule has 20 heavy (non-hydrogen) atoms. The first-order valence-electron chi connectivity index (χ1n) is 5.82. The van der Waals surface area contributed by atoms with Gasteiger partial charge in [0.25, 0.3) is 5.91 Å². The van der Waals surface area contributed by atoms with Crippen LogP contribution in [0.15, 0.2) is 18.2 Å². The van der Waals surface area contributed by atoms with Gasteiger partial charge < -0.3 is 15.2 Å². The Morgan fingerprint density at radius 2 is 2.20 bits per heavy atom. The number of aliphatic hydroxyl groups is 1. The van der Waals surface area contributed by atoms with Gasteiger partial charge in [0.05, 0.1) is 19.3 Å². The highest BCUT2D eigenvalue weighted by atomic mass is 19.1. The van der Waals surface area contributed by atoms with E-state index >= 15 is 0 Å². The van der Waals surface area contributed by atoms with Crippen molar-refractivity contribution < 1.29 is 23.8 Å². The van der Waals surface area contributed by atoms with Crippen LogP contribution in [-0.2, 0) is 9.53 Å². The number of hydrogen-bond acceptors (Lipinski definition) is 4. The van der Waals surface area contributed by atoms with Crippen molar-refractivity contribution in [3.63, 3.8) is 0 Å². The number of carbonyl (C=O) groups excluding carboxylic acids is 2. The van der Waals surface area contributed by atoms with E-state index in [0.29, 0.717) is 0 Å². The van der Waals surface area contributed by atoms with Crippen molar-refractivity contribution >= 4 is 11.9 Å². The van der Waals surface area contributed by atoms with E-state index in [1.807, 2.05) is 0 Å². The van der Waals surface area contributed by atoms with Gasteiger partial charge in [-0.25, -0.2) is 4.39 Å². The molecular formula is C14H14FNO4. The number of benzene rings is 1. The van der Waals surface area contributed by atoms with Crippen LogP contribution in [-0.4, -0.2) is 37.2 Å². The maximum absolute atomic E-state index is 13.7. The summed E-state index contributed by atoms with van der Waals surface area (Å²) in [6, 6.07) is 3.81. The minimum absolute atomic E-state index is 0.0825. The molecule has 0 aliphatic rings. The number of amides is 1. The van der Waals surface area contributed by atoms with E-state index in [4.69, 9.17) is 5.11 Å². The van der Waals surface area contributed by atoms with Gasteiger partial charge in [-0.05, 0) is 18.2 Å². The highest BCUT2D eigenvalue weighted by Crippen LogP contribution is 2.09. The number of rotatable bonds is 4. The molecule has 0 unspecified atom stereocenters. The molecule has 0 atom stereocenters. The van der Waals surface area contributed by atoms with Gasteiger partial charge in [-0.3, -0.25) is 9.59 Å². The standard InChI is InChI=1S/C14H14FNO4/c1-20-13(18)9-16-14(19)11-6-5-10(12(15)8-11)4-2-3-7-17/h5-6,8,17H,3,7,9H2,1H3,(H,16,19). The number of aliphatic hydroxyl groups excluding tert-OH is 1. The molecule has 2 N–H and O–H groups in total. The normalized spacial score (nSPS) is 9.35. The van der Waals surface area contributed by atoms with Gasteiger partial charge in [0.15, 0.2) is 0 Å². The topological polar surface area (TPSA) is 75.6 Å². The third kappa shape index (κ3) is 4.71. The SMILES string of the molecule is COC(=O)CNC(=O)c1ccc(C#CCCO)c(F)c1. The quantitative estimate of drug-likeness (QED) is 0.620. The molecule has 0 spiro atoms. The number of methoxy groups -OCH3 is 1. The number of halogens is 1. The van der Waals surface area contributed by atoms with Gasteiger partial charge in [-0.2, -0.15) is 0 Å². The Balaban J connectivity index is 2.74. The maximum Gasteiger partial charge on any atom is 0.325 e. The molecule has 1 aromatic rings. The molecule has 0 fully saturated rings. The summed E-state index contributed by atoms with van der Waals surface area (Å²) < 4.78 is 18.0. The average molecular weight is 279 g/mol. The molecule has 1 rings (SSSR count). The number of hydrogen-bond donors (Lipinski definition) is 2. The zero-order valence-corrected chi connectivity index (χ0v) is 10.9. The Morgan fingerprint density at radius 3 is 2.80 bits per heavy atom. The number of ether oxygens (including phenoxy) is 1. The van der Waals surface area contributed by atoms with Crippen LogP contribution in [0.1, 0.15) is 22.3 Å². The van der Waals surface area contributed by atoms with Crippen molar-refractivity contribution in [3.05, 3.63) is 35.1 Å². The summed E-state index contributed by atoms with van der Waals surface area (Å²) in [4.78, 5) is 22.5. The average Bonchev–Trinajstić information content (AvgIpc) is 2.46. The fourth-order valence-electron chi connectivity index (χ4n) is 1.30. The second kappa shape index (κ2) is 7.92. The van der Waals surface area contributed by atoms with E-state index in [0.717, 1.165) is 6.07 Å². The second-order valence-electron chi connectivity index (χ2n) is 3.73. The van der Waals surface area contributed by atoms with E-state index in [9.17, 15) is 14.0 Å². The Kier molecular flexibility index (Phi) is 6.20. The summed E-state index contributed by atoms with van der Waals surface area (Å²) in [6.45, 7) is -0.377. The molecule has 0 radical (unpaired) electrons. The first kappa shape index (κ1) is 15.7. The molecule has 1 amide bonds. The molecule has 0 bridgehead atoms. The number of carbonyl (C=O) groups is 2. The third-order valence-corrected chi connectivity index (χ3v) is 2.31. The molecule has 0 aromatic heterocycles. The van der Waals surface area contributed by atoms with E-state index in [-0.39, 0.29) is 30.7 Å². The number of esters is 1. The molecule has 1 aromatic carbocycles. The Morgan fingerprint density at radius 1 is 1.45 bits per heavy atom. The highest BCUT2D eigenvalue weighted by Gasteiger charge is 2.10. The fourth-order valence-corrected chi connectivity index (χ4v) is 1.30. The third-order valence-electron chi connectivity index (χ3n) is 2.31. The van der Waals surface area contributed by atoms with Crippen LogP contribution < -0.4 is 5.32 Å². The Hall–Kier alpha value is -2.39. The lowest BCUT2D eigenvalue weighted by Gasteiger charge is -2.04. The molecule has 6 heteroatoms. The summed E-state index contributed by atoms with van der Waals surface area (Å²) in [5.41, 5.74) is 0.224. The molecule has 0 aliphatic heterocycles. The maximum atomic E-state index is 13.7.